The van der Waals surface area contributed by atoms with E-state index in [1.54, 1.807) is 18.2 Å². The van der Waals surface area contributed by atoms with Crippen molar-refractivity contribution in [2.24, 2.45) is 0 Å². The minimum atomic E-state index is -0.374. The summed E-state index contributed by atoms with van der Waals surface area (Å²) in [5, 5.41) is 7.49. The summed E-state index contributed by atoms with van der Waals surface area (Å²) in [6, 6.07) is 14.9. The lowest BCUT2D eigenvalue weighted by atomic mass is 10.2. The fourth-order valence-electron chi connectivity index (χ4n) is 2.02. The molecule has 2 aromatic carbocycles. The smallest absolute Gasteiger partial charge is 0.337 e. The van der Waals surface area contributed by atoms with Crippen molar-refractivity contribution in [2.75, 3.05) is 24.7 Å². The van der Waals surface area contributed by atoms with Crippen LogP contribution in [0.25, 0.3) is 0 Å². The monoisotopic (exact) mass is 394 g/mol. The molecule has 0 saturated carbocycles. The largest absolute Gasteiger partial charge is 0.465 e. The Balaban J connectivity index is 1.68. The number of esters is 1. The number of ether oxygens (including phenoxy) is 1. The van der Waals surface area contributed by atoms with Gasteiger partial charge < -0.3 is 15.4 Å². The second-order valence-electron chi connectivity index (χ2n) is 5.13. The van der Waals surface area contributed by atoms with Gasteiger partial charge in [-0.15, -0.1) is 0 Å². The number of rotatable bonds is 7. The van der Waals surface area contributed by atoms with Crippen LogP contribution in [0.2, 0.25) is 5.02 Å². The van der Waals surface area contributed by atoms with Crippen molar-refractivity contribution < 1.29 is 9.53 Å². The first-order valence-electron chi connectivity index (χ1n) is 7.64. The van der Waals surface area contributed by atoms with E-state index in [-0.39, 0.29) is 5.97 Å². The SMILES string of the molecule is COC(=O)c1cccc(NC(=S)NCCSCc2ccc(Cl)cc2)c1. The minimum absolute atomic E-state index is 0.374. The maximum Gasteiger partial charge on any atom is 0.337 e. The average Bonchev–Trinajstić information content (AvgIpc) is 2.62. The number of benzene rings is 2. The van der Waals surface area contributed by atoms with Crippen molar-refractivity contribution >= 4 is 52.3 Å². The summed E-state index contributed by atoms with van der Waals surface area (Å²) in [6.45, 7) is 0.751. The molecular formula is C18H19ClN2O2S2. The quantitative estimate of drug-likeness (QED) is 0.413. The Labute approximate surface area is 162 Å². The number of halogens is 1. The first-order chi connectivity index (χ1) is 12.1. The molecule has 0 aliphatic rings. The Morgan fingerprint density at radius 3 is 2.72 bits per heavy atom. The van der Waals surface area contributed by atoms with Crippen LogP contribution in [-0.2, 0) is 10.5 Å². The van der Waals surface area contributed by atoms with Gasteiger partial charge in [0.1, 0.15) is 0 Å². The van der Waals surface area contributed by atoms with Crippen LogP contribution in [0.4, 0.5) is 5.69 Å². The number of carbonyl (C=O) groups is 1. The number of carbonyl (C=O) groups excluding carboxylic acids is 1. The summed E-state index contributed by atoms with van der Waals surface area (Å²) in [5.41, 5.74) is 2.47. The van der Waals surface area contributed by atoms with Gasteiger partial charge in [-0.3, -0.25) is 0 Å². The number of thiocarbonyl (C=S) groups is 1. The highest BCUT2D eigenvalue weighted by Crippen LogP contribution is 2.15. The van der Waals surface area contributed by atoms with Gasteiger partial charge in [0.25, 0.3) is 0 Å². The minimum Gasteiger partial charge on any atom is -0.465 e. The van der Waals surface area contributed by atoms with Crippen LogP contribution in [0.1, 0.15) is 15.9 Å². The first-order valence-corrected chi connectivity index (χ1v) is 9.58. The van der Waals surface area contributed by atoms with E-state index in [0.717, 1.165) is 28.8 Å². The summed E-state index contributed by atoms with van der Waals surface area (Å²) in [5.74, 6) is 1.48. The van der Waals surface area contributed by atoms with Gasteiger partial charge in [0, 0.05) is 28.8 Å². The lowest BCUT2D eigenvalue weighted by Gasteiger charge is -2.11. The summed E-state index contributed by atoms with van der Waals surface area (Å²) < 4.78 is 4.71. The molecule has 132 valence electrons. The molecule has 0 radical (unpaired) electrons. The molecule has 0 spiro atoms. The van der Waals surface area contributed by atoms with Crippen molar-refractivity contribution in [3.05, 3.63) is 64.7 Å². The Morgan fingerprint density at radius 1 is 1.24 bits per heavy atom. The van der Waals surface area contributed by atoms with E-state index in [2.05, 4.69) is 10.6 Å². The molecule has 0 atom stereocenters. The fraction of sp³-hybridized carbons (Fsp3) is 0.222. The molecule has 4 nitrogen and oxygen atoms in total. The molecule has 2 N–H and O–H groups in total. The van der Waals surface area contributed by atoms with E-state index in [1.807, 2.05) is 42.1 Å². The van der Waals surface area contributed by atoms with Crippen molar-refractivity contribution in [3.8, 4) is 0 Å². The van der Waals surface area contributed by atoms with Gasteiger partial charge in [-0.2, -0.15) is 11.8 Å². The molecule has 2 aromatic rings. The van der Waals surface area contributed by atoms with E-state index in [0.29, 0.717) is 10.7 Å². The third-order valence-corrected chi connectivity index (χ3v) is 4.78. The molecule has 0 aliphatic carbocycles. The number of hydrogen-bond donors (Lipinski definition) is 2. The maximum absolute atomic E-state index is 11.5. The zero-order valence-electron chi connectivity index (χ0n) is 13.8. The Kier molecular flexibility index (Phi) is 8.04. The van der Waals surface area contributed by atoms with Gasteiger partial charge in [-0.1, -0.05) is 29.8 Å². The van der Waals surface area contributed by atoms with Crippen molar-refractivity contribution in [1.29, 1.82) is 0 Å². The summed E-state index contributed by atoms with van der Waals surface area (Å²) in [4.78, 5) is 11.5. The van der Waals surface area contributed by atoms with Crippen LogP contribution in [-0.4, -0.2) is 30.5 Å². The molecule has 0 aromatic heterocycles. The third kappa shape index (κ3) is 6.94. The molecule has 0 saturated heterocycles. The number of methoxy groups -OCH3 is 1. The average molecular weight is 395 g/mol. The number of anilines is 1. The number of thioether (sulfide) groups is 1. The first kappa shape index (κ1) is 19.6. The van der Waals surface area contributed by atoms with Crippen LogP contribution < -0.4 is 10.6 Å². The highest BCUT2D eigenvalue weighted by molar-refractivity contribution is 7.98. The van der Waals surface area contributed by atoms with Crippen LogP contribution >= 0.6 is 35.6 Å². The fourth-order valence-corrected chi connectivity index (χ4v) is 3.19. The van der Waals surface area contributed by atoms with Gasteiger partial charge in [0.15, 0.2) is 5.11 Å². The zero-order chi connectivity index (χ0) is 18.1. The number of nitrogens with one attached hydrogen (secondary N) is 2. The normalized spacial score (nSPS) is 10.2. The van der Waals surface area contributed by atoms with Gasteiger partial charge in [-0.25, -0.2) is 4.79 Å². The molecule has 25 heavy (non-hydrogen) atoms. The van der Waals surface area contributed by atoms with Crippen LogP contribution in [0.15, 0.2) is 48.5 Å². The molecular weight excluding hydrogens is 376 g/mol. The summed E-state index contributed by atoms with van der Waals surface area (Å²) in [7, 11) is 1.36. The topological polar surface area (TPSA) is 50.4 Å². The summed E-state index contributed by atoms with van der Waals surface area (Å²) in [6.07, 6.45) is 0. The van der Waals surface area contributed by atoms with E-state index in [4.69, 9.17) is 28.6 Å². The predicted octanol–water partition coefficient (Wildman–Crippen LogP) is 4.35. The van der Waals surface area contributed by atoms with Gasteiger partial charge in [-0.05, 0) is 48.1 Å². The zero-order valence-corrected chi connectivity index (χ0v) is 16.1. The third-order valence-electron chi connectivity index (χ3n) is 3.26. The van der Waals surface area contributed by atoms with Gasteiger partial charge in [0.05, 0.1) is 12.7 Å². The van der Waals surface area contributed by atoms with Crippen molar-refractivity contribution in [1.82, 2.24) is 5.32 Å². The van der Waals surface area contributed by atoms with E-state index < -0.39 is 0 Å². The molecule has 0 amide bonds. The molecule has 7 heteroatoms. The molecule has 0 heterocycles. The van der Waals surface area contributed by atoms with E-state index in [1.165, 1.54) is 12.7 Å². The maximum atomic E-state index is 11.5. The van der Waals surface area contributed by atoms with Crippen molar-refractivity contribution in [2.45, 2.75) is 5.75 Å². The molecule has 0 fully saturated rings. The standard InChI is InChI=1S/C18H19ClN2O2S2/c1-23-17(22)14-3-2-4-16(11-14)21-18(24)20-9-10-25-12-13-5-7-15(19)8-6-13/h2-8,11H,9-10,12H2,1H3,(H2,20,21,24). The van der Waals surface area contributed by atoms with Crippen LogP contribution in [0.5, 0.6) is 0 Å². The van der Waals surface area contributed by atoms with Crippen LogP contribution in [0, 0.1) is 0 Å². The highest BCUT2D eigenvalue weighted by Gasteiger charge is 2.06. The summed E-state index contributed by atoms with van der Waals surface area (Å²) >= 11 is 13.0. The molecule has 0 unspecified atom stereocenters. The Bertz CT molecular complexity index is 723. The molecule has 0 aliphatic heterocycles. The van der Waals surface area contributed by atoms with E-state index >= 15 is 0 Å². The van der Waals surface area contributed by atoms with E-state index in [9.17, 15) is 4.79 Å². The lowest BCUT2D eigenvalue weighted by molar-refractivity contribution is 0.0601. The second kappa shape index (κ2) is 10.3. The Hall–Kier alpha value is -1.76. The van der Waals surface area contributed by atoms with Crippen LogP contribution in [0.3, 0.4) is 0 Å². The predicted molar refractivity (Wildman–Crippen MR) is 110 cm³/mol. The Morgan fingerprint density at radius 2 is 2.00 bits per heavy atom. The van der Waals surface area contributed by atoms with Crippen molar-refractivity contribution in [3.63, 3.8) is 0 Å². The van der Waals surface area contributed by atoms with Gasteiger partial charge in [0.2, 0.25) is 0 Å². The molecule has 0 bridgehead atoms. The lowest BCUT2D eigenvalue weighted by Crippen LogP contribution is -2.30. The molecule has 2 rings (SSSR count). The van der Waals surface area contributed by atoms with Gasteiger partial charge >= 0.3 is 5.97 Å². The number of hydrogen-bond acceptors (Lipinski definition) is 4. The highest BCUT2D eigenvalue weighted by atomic mass is 35.5. The second-order valence-corrected chi connectivity index (χ2v) is 7.08.